The third kappa shape index (κ3) is 0.650. The average molecular weight is 121 g/mol. The summed E-state index contributed by atoms with van der Waals surface area (Å²) in [5.74, 6) is 0. The molecule has 0 spiro atoms. The van der Waals surface area contributed by atoms with Crippen molar-refractivity contribution in [3.63, 3.8) is 0 Å². The Hall–Kier alpha value is -1.12. The molecule has 0 aliphatic heterocycles. The minimum atomic E-state index is 1.00. The van der Waals surface area contributed by atoms with E-state index in [1.54, 1.807) is 6.20 Å². The molecule has 1 aliphatic carbocycles. The van der Waals surface area contributed by atoms with Crippen molar-refractivity contribution in [1.29, 1.82) is 0 Å². The van der Waals surface area contributed by atoms with Gasteiger partial charge < -0.3 is 0 Å². The molecule has 0 atom stereocenters. The first-order valence-corrected chi connectivity index (χ1v) is 3.02. The van der Waals surface area contributed by atoms with Crippen molar-refractivity contribution in [2.75, 3.05) is 0 Å². The summed E-state index contributed by atoms with van der Waals surface area (Å²) in [5.41, 5.74) is 2.32. The monoisotopic (exact) mass is 121 g/mol. The van der Waals surface area contributed by atoms with Crippen LogP contribution in [0.4, 0.5) is 0 Å². The van der Waals surface area contributed by atoms with E-state index in [9.17, 15) is 0 Å². The van der Waals surface area contributed by atoms with Crippen molar-refractivity contribution in [2.45, 2.75) is 12.8 Å². The molecule has 2 rings (SSSR count). The maximum atomic E-state index is 3.93. The maximum absolute atomic E-state index is 3.93. The molecule has 1 aliphatic rings. The van der Waals surface area contributed by atoms with E-state index in [-0.39, 0.29) is 0 Å². The molecule has 1 N–H and O–H groups in total. The lowest BCUT2D eigenvalue weighted by atomic mass is 9.97. The Morgan fingerprint density at radius 2 is 2.44 bits per heavy atom. The van der Waals surface area contributed by atoms with E-state index in [4.69, 9.17) is 0 Å². The van der Waals surface area contributed by atoms with E-state index in [0.29, 0.717) is 0 Å². The molecule has 9 heavy (non-hydrogen) atoms. The summed E-state index contributed by atoms with van der Waals surface area (Å²) in [6.07, 6.45) is 6.29. The van der Waals surface area contributed by atoms with E-state index < -0.39 is 0 Å². The number of hydrogen-bond acceptors (Lipinski definition) is 2. The van der Waals surface area contributed by atoms with Crippen LogP contribution in [0.3, 0.4) is 0 Å². The van der Waals surface area contributed by atoms with Gasteiger partial charge in [-0.15, -0.1) is 0 Å². The zero-order valence-electron chi connectivity index (χ0n) is 4.96. The highest BCUT2D eigenvalue weighted by molar-refractivity contribution is 5.66. The van der Waals surface area contributed by atoms with Crippen molar-refractivity contribution in [2.24, 2.45) is 0 Å². The Morgan fingerprint density at radius 1 is 1.56 bits per heavy atom. The highest BCUT2D eigenvalue weighted by Crippen LogP contribution is 2.25. The normalized spacial score (nSPS) is 16.7. The highest BCUT2D eigenvalue weighted by Gasteiger charge is 2.09. The van der Waals surface area contributed by atoms with Gasteiger partial charge in [-0.25, -0.2) is 0 Å². The Kier molecular flexibility index (Phi) is 0.886. The molecule has 0 unspecified atom stereocenters. The topological polar surface area (TPSA) is 41.6 Å². The van der Waals surface area contributed by atoms with Crippen LogP contribution in [-0.2, 0) is 0 Å². The lowest BCUT2D eigenvalue weighted by Gasteiger charge is -2.09. The van der Waals surface area contributed by atoms with Crippen molar-refractivity contribution in [1.82, 2.24) is 15.4 Å². The summed E-state index contributed by atoms with van der Waals surface area (Å²) in [6, 6.07) is 0. The number of aromatic amines is 1. The van der Waals surface area contributed by atoms with Crippen LogP contribution in [0.2, 0.25) is 0 Å². The summed E-state index contributed by atoms with van der Waals surface area (Å²) < 4.78 is 0. The number of nitrogens with one attached hydrogen (secondary N) is 1. The Bertz CT molecular complexity index is 222. The minimum absolute atomic E-state index is 1.00. The molecule has 1 aromatic rings. The predicted molar refractivity (Wildman–Crippen MR) is 33.6 cm³/mol. The molecule has 46 valence electrons. The van der Waals surface area contributed by atoms with Crippen LogP contribution in [0.5, 0.6) is 0 Å². The zero-order valence-corrected chi connectivity index (χ0v) is 4.96. The van der Waals surface area contributed by atoms with Gasteiger partial charge in [0.1, 0.15) is 5.69 Å². The quantitative estimate of drug-likeness (QED) is 0.601. The smallest absolute Gasteiger partial charge is 0.108 e. The lowest BCUT2D eigenvalue weighted by molar-refractivity contribution is 0.918. The summed E-state index contributed by atoms with van der Waals surface area (Å²) in [6.45, 7) is 0. The van der Waals surface area contributed by atoms with Gasteiger partial charge in [0.2, 0.25) is 0 Å². The second kappa shape index (κ2) is 1.69. The third-order valence-corrected chi connectivity index (χ3v) is 1.55. The minimum Gasteiger partial charge on any atom is -0.197 e. The first-order valence-electron chi connectivity index (χ1n) is 3.02. The fraction of sp³-hybridized carbons (Fsp3) is 0.333. The molecule has 0 saturated carbocycles. The standard InChI is InChI=1S/C6H7N3/c1-2-5(3-1)6-4-7-9-8-6/h2,4H,1,3H2,(H,7,8,9). The summed E-state index contributed by atoms with van der Waals surface area (Å²) >= 11 is 0. The van der Waals surface area contributed by atoms with Crippen molar-refractivity contribution in [3.8, 4) is 0 Å². The number of aromatic nitrogens is 3. The summed E-state index contributed by atoms with van der Waals surface area (Å²) in [7, 11) is 0. The van der Waals surface area contributed by atoms with Crippen molar-refractivity contribution < 1.29 is 0 Å². The Balaban J connectivity index is 2.34. The van der Waals surface area contributed by atoms with E-state index in [1.165, 1.54) is 12.0 Å². The maximum Gasteiger partial charge on any atom is 0.108 e. The van der Waals surface area contributed by atoms with Crippen LogP contribution in [0, 0.1) is 0 Å². The molecular weight excluding hydrogens is 114 g/mol. The van der Waals surface area contributed by atoms with Gasteiger partial charge in [0, 0.05) is 0 Å². The molecule has 1 aromatic heterocycles. The Morgan fingerprint density at radius 3 is 2.89 bits per heavy atom. The van der Waals surface area contributed by atoms with Crippen LogP contribution in [-0.4, -0.2) is 15.4 Å². The van der Waals surface area contributed by atoms with Gasteiger partial charge in [-0.1, -0.05) is 6.08 Å². The second-order valence-corrected chi connectivity index (χ2v) is 2.12. The SMILES string of the molecule is C1=C(c2cn[nH]n2)CC1. The largest absolute Gasteiger partial charge is 0.197 e. The Labute approximate surface area is 52.8 Å². The van der Waals surface area contributed by atoms with Gasteiger partial charge >= 0.3 is 0 Å². The fourth-order valence-electron chi connectivity index (χ4n) is 0.878. The molecule has 0 radical (unpaired) electrons. The fourth-order valence-corrected chi connectivity index (χ4v) is 0.878. The molecular formula is C6H7N3. The molecule has 0 aromatic carbocycles. The average Bonchev–Trinajstić information content (AvgIpc) is 2.11. The first-order chi connectivity index (χ1) is 4.47. The number of hydrogen-bond donors (Lipinski definition) is 1. The second-order valence-electron chi connectivity index (χ2n) is 2.12. The number of rotatable bonds is 1. The summed E-state index contributed by atoms with van der Waals surface area (Å²) in [5, 5.41) is 10.2. The van der Waals surface area contributed by atoms with Crippen molar-refractivity contribution in [3.05, 3.63) is 18.0 Å². The molecule has 3 heteroatoms. The van der Waals surface area contributed by atoms with Gasteiger partial charge in [-0.05, 0) is 18.4 Å². The molecule has 3 nitrogen and oxygen atoms in total. The van der Waals surface area contributed by atoms with E-state index >= 15 is 0 Å². The van der Waals surface area contributed by atoms with Crippen LogP contribution in [0.25, 0.3) is 5.57 Å². The third-order valence-electron chi connectivity index (χ3n) is 1.55. The molecule has 0 saturated heterocycles. The van der Waals surface area contributed by atoms with Gasteiger partial charge in [-0.2, -0.15) is 15.4 Å². The summed E-state index contributed by atoms with van der Waals surface area (Å²) in [4.78, 5) is 0. The van der Waals surface area contributed by atoms with Crippen LogP contribution in [0.15, 0.2) is 12.3 Å². The molecule has 0 bridgehead atoms. The number of allylic oxidation sites excluding steroid dienone is 2. The van der Waals surface area contributed by atoms with Crippen molar-refractivity contribution >= 4 is 5.57 Å². The number of nitrogens with zero attached hydrogens (tertiary/aromatic N) is 2. The number of H-pyrrole nitrogens is 1. The molecule has 1 heterocycles. The van der Waals surface area contributed by atoms with Gasteiger partial charge in [0.25, 0.3) is 0 Å². The van der Waals surface area contributed by atoms with Crippen LogP contribution in [0.1, 0.15) is 18.5 Å². The zero-order chi connectivity index (χ0) is 6.10. The van der Waals surface area contributed by atoms with E-state index in [2.05, 4.69) is 21.5 Å². The first kappa shape index (κ1) is 4.73. The van der Waals surface area contributed by atoms with Gasteiger partial charge in [-0.3, -0.25) is 0 Å². The molecule has 0 amide bonds. The predicted octanol–water partition coefficient (Wildman–Crippen LogP) is 0.982. The van der Waals surface area contributed by atoms with E-state index in [0.717, 1.165) is 12.1 Å². The molecule has 0 fully saturated rings. The lowest BCUT2D eigenvalue weighted by Crippen LogP contribution is -1.92. The van der Waals surface area contributed by atoms with Gasteiger partial charge in [0.05, 0.1) is 6.20 Å². The highest BCUT2D eigenvalue weighted by atomic mass is 15.3. The van der Waals surface area contributed by atoms with E-state index in [1.807, 2.05) is 0 Å². The van der Waals surface area contributed by atoms with Crippen LogP contribution >= 0.6 is 0 Å². The van der Waals surface area contributed by atoms with Crippen LogP contribution < -0.4 is 0 Å². The van der Waals surface area contributed by atoms with Gasteiger partial charge in [0.15, 0.2) is 0 Å².